The van der Waals surface area contributed by atoms with Gasteiger partial charge in [-0.25, -0.2) is 10.8 Å². The van der Waals surface area contributed by atoms with Crippen LogP contribution in [0, 0.1) is 0 Å². The molecule has 0 atom stereocenters. The molecule has 0 fully saturated rings. The standard InChI is InChI=1S/C5H9N3/c1-3-7-5-8(6)4-2/h3-5H,1-2,6H2. The molecule has 2 N–H and O–H groups in total. The van der Waals surface area contributed by atoms with E-state index in [2.05, 4.69) is 18.2 Å². The summed E-state index contributed by atoms with van der Waals surface area (Å²) in [6, 6.07) is 0. The van der Waals surface area contributed by atoms with Crippen molar-refractivity contribution in [1.29, 1.82) is 0 Å². The van der Waals surface area contributed by atoms with Gasteiger partial charge < -0.3 is 0 Å². The molecule has 3 heteroatoms. The van der Waals surface area contributed by atoms with E-state index in [0.717, 1.165) is 0 Å². The summed E-state index contributed by atoms with van der Waals surface area (Å²) in [5, 5.41) is 1.24. The number of aliphatic imine (C=N–C) groups is 1. The van der Waals surface area contributed by atoms with Crippen molar-refractivity contribution in [1.82, 2.24) is 5.01 Å². The van der Waals surface area contributed by atoms with Crippen LogP contribution in [0.2, 0.25) is 0 Å². The maximum Gasteiger partial charge on any atom is 0.109 e. The maximum absolute atomic E-state index is 5.18. The Kier molecular flexibility index (Phi) is 3.52. The van der Waals surface area contributed by atoms with E-state index in [1.54, 1.807) is 0 Å². The van der Waals surface area contributed by atoms with Crippen molar-refractivity contribution in [2.45, 2.75) is 0 Å². The second-order valence-corrected chi connectivity index (χ2v) is 1.08. The fraction of sp³-hybridized carbons (Fsp3) is 0. The maximum atomic E-state index is 5.18. The number of hydrogen-bond donors (Lipinski definition) is 1. The Bertz CT molecular complexity index is 106. The van der Waals surface area contributed by atoms with Crippen LogP contribution in [0.4, 0.5) is 0 Å². The van der Waals surface area contributed by atoms with Gasteiger partial charge in [0, 0.05) is 12.4 Å². The predicted octanol–water partition coefficient (Wildman–Crippen LogP) is 0.477. The Morgan fingerprint density at radius 1 is 1.50 bits per heavy atom. The molecular formula is C5H9N3. The van der Waals surface area contributed by atoms with Crippen LogP contribution in [0.15, 0.2) is 30.6 Å². The second-order valence-electron chi connectivity index (χ2n) is 1.08. The quantitative estimate of drug-likeness (QED) is 0.249. The van der Waals surface area contributed by atoms with Gasteiger partial charge >= 0.3 is 0 Å². The molecule has 0 radical (unpaired) electrons. The molecule has 0 saturated carbocycles. The van der Waals surface area contributed by atoms with Crippen LogP contribution in [0.5, 0.6) is 0 Å². The van der Waals surface area contributed by atoms with Crippen LogP contribution >= 0.6 is 0 Å². The van der Waals surface area contributed by atoms with Crippen LogP contribution < -0.4 is 5.84 Å². The molecule has 0 aliphatic rings. The molecule has 0 saturated heterocycles. The highest BCUT2D eigenvalue weighted by molar-refractivity contribution is 5.55. The van der Waals surface area contributed by atoms with Gasteiger partial charge in [-0.15, -0.1) is 0 Å². The Labute approximate surface area is 48.8 Å². The zero-order valence-corrected chi connectivity index (χ0v) is 4.62. The third-order valence-corrected chi connectivity index (χ3v) is 0.516. The highest BCUT2D eigenvalue weighted by Crippen LogP contribution is 1.69. The first kappa shape index (κ1) is 6.91. The monoisotopic (exact) mass is 111 g/mol. The SMILES string of the molecule is C=CN=CN(N)C=C. The van der Waals surface area contributed by atoms with E-state index in [1.807, 2.05) is 0 Å². The minimum atomic E-state index is 1.24. The van der Waals surface area contributed by atoms with Gasteiger partial charge in [0.2, 0.25) is 0 Å². The molecule has 0 aliphatic heterocycles. The molecule has 3 nitrogen and oxygen atoms in total. The molecule has 0 heterocycles. The van der Waals surface area contributed by atoms with Gasteiger partial charge in [-0.05, 0) is 0 Å². The third-order valence-electron chi connectivity index (χ3n) is 0.516. The summed E-state index contributed by atoms with van der Waals surface area (Å²) in [4.78, 5) is 3.61. The van der Waals surface area contributed by atoms with Crippen molar-refractivity contribution in [3.63, 3.8) is 0 Å². The Hall–Kier alpha value is -1.09. The molecule has 0 rings (SSSR count). The van der Waals surface area contributed by atoms with Crippen molar-refractivity contribution in [3.05, 3.63) is 25.6 Å². The Morgan fingerprint density at radius 3 is 2.50 bits per heavy atom. The smallest absolute Gasteiger partial charge is 0.109 e. The Balaban J connectivity index is 3.50. The van der Waals surface area contributed by atoms with E-state index in [9.17, 15) is 0 Å². The van der Waals surface area contributed by atoms with Crippen molar-refractivity contribution in [2.75, 3.05) is 0 Å². The zero-order valence-electron chi connectivity index (χ0n) is 4.62. The summed E-state index contributed by atoms with van der Waals surface area (Å²) < 4.78 is 0. The highest BCUT2D eigenvalue weighted by atomic mass is 15.4. The lowest BCUT2D eigenvalue weighted by Crippen LogP contribution is -2.21. The average molecular weight is 111 g/mol. The molecular weight excluding hydrogens is 102 g/mol. The van der Waals surface area contributed by atoms with Gasteiger partial charge in [-0.3, -0.25) is 5.01 Å². The minimum absolute atomic E-state index is 1.24. The van der Waals surface area contributed by atoms with E-state index in [0.29, 0.717) is 0 Å². The normalized spacial score (nSPS) is 9.12. The first-order chi connectivity index (χ1) is 3.81. The minimum Gasteiger partial charge on any atom is -0.277 e. The zero-order chi connectivity index (χ0) is 6.41. The van der Waals surface area contributed by atoms with Crippen LogP contribution in [0.25, 0.3) is 0 Å². The Morgan fingerprint density at radius 2 is 2.12 bits per heavy atom. The first-order valence-electron chi connectivity index (χ1n) is 2.11. The summed E-state index contributed by atoms with van der Waals surface area (Å²) in [5.41, 5.74) is 0. The summed E-state index contributed by atoms with van der Waals surface area (Å²) in [7, 11) is 0. The lowest BCUT2D eigenvalue weighted by atomic mass is 10.9. The summed E-state index contributed by atoms with van der Waals surface area (Å²) in [6.07, 6.45) is 4.23. The summed E-state index contributed by atoms with van der Waals surface area (Å²) >= 11 is 0. The van der Waals surface area contributed by atoms with E-state index in [4.69, 9.17) is 5.84 Å². The molecule has 44 valence electrons. The van der Waals surface area contributed by atoms with Gasteiger partial charge in [0.1, 0.15) is 6.34 Å². The van der Waals surface area contributed by atoms with Crippen molar-refractivity contribution in [3.8, 4) is 0 Å². The summed E-state index contributed by atoms with van der Waals surface area (Å²) in [6.45, 7) is 6.74. The summed E-state index contributed by atoms with van der Waals surface area (Å²) in [5.74, 6) is 5.18. The number of rotatable bonds is 3. The molecule has 0 unspecified atom stereocenters. The van der Waals surface area contributed by atoms with Gasteiger partial charge in [0.15, 0.2) is 0 Å². The molecule has 0 spiro atoms. The average Bonchev–Trinajstić information content (AvgIpc) is 1.83. The van der Waals surface area contributed by atoms with E-state index < -0.39 is 0 Å². The van der Waals surface area contributed by atoms with Crippen molar-refractivity contribution < 1.29 is 0 Å². The van der Waals surface area contributed by atoms with E-state index in [-0.39, 0.29) is 0 Å². The number of nitrogens with two attached hydrogens (primary N) is 1. The van der Waals surface area contributed by atoms with Gasteiger partial charge in [-0.1, -0.05) is 13.2 Å². The second kappa shape index (κ2) is 4.08. The first-order valence-corrected chi connectivity index (χ1v) is 2.11. The highest BCUT2D eigenvalue weighted by Gasteiger charge is 1.74. The fourth-order valence-electron chi connectivity index (χ4n) is 0.171. The van der Waals surface area contributed by atoms with E-state index in [1.165, 1.54) is 23.7 Å². The molecule has 0 bridgehead atoms. The molecule has 0 aliphatic carbocycles. The number of hydrogen-bond acceptors (Lipinski definition) is 2. The van der Waals surface area contributed by atoms with Crippen LogP contribution in [-0.2, 0) is 0 Å². The molecule has 0 aromatic heterocycles. The fourth-order valence-corrected chi connectivity index (χ4v) is 0.171. The molecule has 0 amide bonds. The lowest BCUT2D eigenvalue weighted by molar-refractivity contribution is 0.617. The third kappa shape index (κ3) is 3.11. The van der Waals surface area contributed by atoms with Gasteiger partial charge in [-0.2, -0.15) is 0 Å². The van der Waals surface area contributed by atoms with Crippen LogP contribution in [-0.4, -0.2) is 11.3 Å². The predicted molar refractivity (Wildman–Crippen MR) is 34.9 cm³/mol. The van der Waals surface area contributed by atoms with Gasteiger partial charge in [0.05, 0.1) is 0 Å². The largest absolute Gasteiger partial charge is 0.277 e. The van der Waals surface area contributed by atoms with Crippen LogP contribution in [0.3, 0.4) is 0 Å². The van der Waals surface area contributed by atoms with Gasteiger partial charge in [0.25, 0.3) is 0 Å². The molecule has 0 aromatic carbocycles. The number of nitrogens with zero attached hydrogens (tertiary/aromatic N) is 2. The van der Waals surface area contributed by atoms with Crippen molar-refractivity contribution in [2.24, 2.45) is 10.8 Å². The van der Waals surface area contributed by atoms with Crippen molar-refractivity contribution >= 4 is 6.34 Å². The number of hydrazine groups is 1. The topological polar surface area (TPSA) is 41.6 Å². The molecule has 8 heavy (non-hydrogen) atoms. The van der Waals surface area contributed by atoms with Crippen LogP contribution in [0.1, 0.15) is 0 Å². The lowest BCUT2D eigenvalue weighted by Gasteiger charge is -2.00. The molecule has 0 aromatic rings. The van der Waals surface area contributed by atoms with E-state index >= 15 is 0 Å².